The number of aryl methyl sites for hydroxylation is 4. The molecular weight excluding hydrogens is 858 g/mol. The second-order valence-corrected chi connectivity index (χ2v) is 24.2. The van der Waals surface area contributed by atoms with Crippen molar-refractivity contribution < 1.29 is 32.2 Å². The van der Waals surface area contributed by atoms with E-state index in [0.717, 1.165) is 56.3 Å². The molecule has 0 spiro atoms. The van der Waals surface area contributed by atoms with Crippen LogP contribution in [0.3, 0.4) is 0 Å². The Morgan fingerprint density at radius 3 is 1.24 bits per heavy atom. The van der Waals surface area contributed by atoms with Gasteiger partial charge in [0.25, 0.3) is 0 Å². The van der Waals surface area contributed by atoms with Crippen LogP contribution in [0.5, 0.6) is 0 Å². The van der Waals surface area contributed by atoms with Crippen molar-refractivity contribution in [2.24, 2.45) is 0 Å². The molecular formula is C47H40Cl4O2SiZr. The van der Waals surface area contributed by atoms with Gasteiger partial charge in [0.05, 0.1) is 23.0 Å². The van der Waals surface area contributed by atoms with Gasteiger partial charge in [0, 0.05) is 10.0 Å². The van der Waals surface area contributed by atoms with Crippen molar-refractivity contribution in [3.05, 3.63) is 153 Å². The van der Waals surface area contributed by atoms with Gasteiger partial charge in [-0.25, -0.2) is 0 Å². The van der Waals surface area contributed by atoms with Crippen LogP contribution < -0.4 is 0 Å². The van der Waals surface area contributed by atoms with E-state index in [1.807, 2.05) is 62.4 Å². The fourth-order valence-electron chi connectivity index (χ4n) is 7.22. The van der Waals surface area contributed by atoms with Gasteiger partial charge in [-0.05, 0) is 112 Å². The Morgan fingerprint density at radius 1 is 0.564 bits per heavy atom. The van der Waals surface area contributed by atoms with E-state index in [9.17, 15) is 0 Å². The predicted molar refractivity (Wildman–Crippen MR) is 234 cm³/mol. The van der Waals surface area contributed by atoms with Gasteiger partial charge >= 0.3 is 68.4 Å². The summed E-state index contributed by atoms with van der Waals surface area (Å²) in [7, 11) is 0. The van der Waals surface area contributed by atoms with Crippen LogP contribution in [0.15, 0.2) is 118 Å². The van der Waals surface area contributed by atoms with Crippen molar-refractivity contribution in [1.82, 2.24) is 0 Å². The number of halogens is 4. The molecule has 8 heteroatoms. The molecule has 2 nitrogen and oxygen atoms in total. The van der Waals surface area contributed by atoms with E-state index in [2.05, 4.69) is 88.4 Å². The fraction of sp³-hybridized carbons (Fsp3) is 0.191. The molecule has 1 saturated heterocycles. The van der Waals surface area contributed by atoms with Crippen molar-refractivity contribution >= 4 is 73.4 Å². The van der Waals surface area contributed by atoms with Crippen molar-refractivity contribution in [3.63, 3.8) is 0 Å². The first kappa shape index (κ1) is 40.1. The topological polar surface area (TPSA) is 26.3 Å². The van der Waals surface area contributed by atoms with Crippen molar-refractivity contribution in [1.29, 1.82) is 0 Å². The van der Waals surface area contributed by atoms with Gasteiger partial charge in [-0.1, -0.05) is 80.8 Å². The summed E-state index contributed by atoms with van der Waals surface area (Å²) in [5, 5.41) is 6.51. The zero-order valence-electron chi connectivity index (χ0n) is 31.6. The first-order valence-electron chi connectivity index (χ1n) is 18.2. The number of alkyl halides is 2. The van der Waals surface area contributed by atoms with Gasteiger partial charge in [-0.3, -0.25) is 0 Å². The van der Waals surface area contributed by atoms with Gasteiger partial charge in [-0.15, -0.1) is 57.9 Å². The third kappa shape index (κ3) is 8.91. The maximum absolute atomic E-state index is 6.06. The van der Waals surface area contributed by atoms with Crippen molar-refractivity contribution in [3.8, 4) is 44.9 Å². The SMILES string of the molecule is Cc1ccc(-c2cc3c(-c4ccc(Cl)cc4)c(C)c(C)cc3[cH-]2)o1.Cc1ccc(-c2cc3c(-c4ccc(Cl)cc4)c(C)c(C)cc3[cH-]2)o1.ClC1(Cl)C[Si](=[Zr+2])C1. The molecule has 0 aliphatic carbocycles. The number of rotatable bonds is 4. The summed E-state index contributed by atoms with van der Waals surface area (Å²) in [4.78, 5) is 0. The quantitative estimate of drug-likeness (QED) is 0.0999. The molecule has 6 aromatic carbocycles. The summed E-state index contributed by atoms with van der Waals surface area (Å²) < 4.78 is 11.3. The van der Waals surface area contributed by atoms with Crippen LogP contribution in [-0.2, 0) is 23.3 Å². The zero-order valence-corrected chi connectivity index (χ0v) is 38.1. The Bertz CT molecular complexity index is 2490. The van der Waals surface area contributed by atoms with Crippen LogP contribution in [0.2, 0.25) is 22.1 Å². The Kier molecular flexibility index (Phi) is 12.0. The standard InChI is InChI=1S/2C22H18ClO.C3H4Cl2Si.Zr/c2*1-13-10-17-11-18(21-9-4-14(2)24-21)12-20(17)22(15(13)3)16-5-7-19(23)8-6-16;4-3(5)1-6-2-3;/h2*4-12H,1-3H3;1-2H2;/q2*-1;;+2. The van der Waals surface area contributed by atoms with Crippen molar-refractivity contribution in [2.45, 2.75) is 58.0 Å². The van der Waals surface area contributed by atoms with Crippen LogP contribution in [0.25, 0.3) is 66.4 Å². The van der Waals surface area contributed by atoms with Gasteiger partial charge in [-0.2, -0.15) is 0 Å². The van der Waals surface area contributed by atoms with E-state index in [1.165, 1.54) is 66.1 Å². The summed E-state index contributed by atoms with van der Waals surface area (Å²) in [5.74, 6) is 3.70. The van der Waals surface area contributed by atoms with Crippen LogP contribution >= 0.6 is 46.4 Å². The van der Waals surface area contributed by atoms with E-state index in [-0.39, 0.29) is 9.77 Å². The first-order valence-corrected chi connectivity index (χ1v) is 25.3. The summed E-state index contributed by atoms with van der Waals surface area (Å²) in [6.07, 6.45) is 0. The molecule has 0 radical (unpaired) electrons. The van der Waals surface area contributed by atoms with Crippen molar-refractivity contribution in [2.75, 3.05) is 0 Å². The molecule has 1 fully saturated rings. The third-order valence-electron chi connectivity index (χ3n) is 10.3. The first-order chi connectivity index (χ1) is 26.2. The molecule has 0 amide bonds. The Balaban J connectivity index is 0.000000144. The normalized spacial score (nSPS) is 13.3. The molecule has 0 saturated carbocycles. The van der Waals surface area contributed by atoms with Crippen LogP contribution in [0, 0.1) is 41.5 Å². The number of hydrogen-bond acceptors (Lipinski definition) is 2. The average Bonchev–Trinajstić information content (AvgIpc) is 3.94. The minimum absolute atomic E-state index is 0.0262. The van der Waals surface area contributed by atoms with Gasteiger partial charge in [0.1, 0.15) is 0 Å². The number of benzene rings is 4. The third-order valence-corrected chi connectivity index (χ3v) is 16.9. The maximum atomic E-state index is 6.06. The Hall–Kier alpha value is -3.08. The molecule has 0 bridgehead atoms. The molecule has 1 aliphatic heterocycles. The number of hydrogen-bond donors (Lipinski definition) is 0. The average molecular weight is 898 g/mol. The Labute approximate surface area is 358 Å². The molecule has 2 aromatic heterocycles. The molecule has 3 heterocycles. The summed E-state index contributed by atoms with van der Waals surface area (Å²) in [6, 6.07) is 39.8. The van der Waals surface area contributed by atoms with Gasteiger partial charge in [0.2, 0.25) is 0 Å². The monoisotopic (exact) mass is 894 g/mol. The van der Waals surface area contributed by atoms with Crippen LogP contribution in [-0.4, -0.2) is 9.77 Å². The number of fused-ring (bicyclic) bond motifs is 2. The van der Waals surface area contributed by atoms with E-state index in [4.69, 9.17) is 55.2 Å². The Morgan fingerprint density at radius 2 is 0.945 bits per heavy atom. The van der Waals surface area contributed by atoms with Gasteiger partial charge < -0.3 is 8.83 Å². The van der Waals surface area contributed by atoms with Crippen LogP contribution in [0.1, 0.15) is 33.8 Å². The zero-order chi connectivity index (χ0) is 39.2. The molecule has 0 atom stereocenters. The van der Waals surface area contributed by atoms with E-state index >= 15 is 0 Å². The van der Waals surface area contributed by atoms with Crippen LogP contribution in [0.4, 0.5) is 0 Å². The molecule has 9 rings (SSSR count). The van der Waals surface area contributed by atoms with E-state index in [0.29, 0.717) is 0 Å². The molecule has 55 heavy (non-hydrogen) atoms. The molecule has 8 aromatic rings. The molecule has 0 unspecified atom stereocenters. The van der Waals surface area contributed by atoms with E-state index in [1.54, 1.807) is 23.3 Å². The molecule has 0 N–H and O–H groups in total. The second kappa shape index (κ2) is 16.4. The summed E-state index contributed by atoms with van der Waals surface area (Å²) in [5.41, 5.74) is 12.4. The summed E-state index contributed by atoms with van der Waals surface area (Å²) in [6.45, 7) is 12.6. The van der Waals surface area contributed by atoms with Gasteiger partial charge in [0.15, 0.2) is 0 Å². The summed E-state index contributed by atoms with van der Waals surface area (Å²) >= 11 is 25.2. The second-order valence-electron chi connectivity index (χ2n) is 14.5. The fourth-order valence-corrected chi connectivity index (χ4v) is 18.3. The van der Waals surface area contributed by atoms with E-state index < -0.39 is 0 Å². The minimum atomic E-state index is -0.294. The number of furan rings is 2. The molecule has 1 aliphatic rings. The molecule has 276 valence electrons. The predicted octanol–water partition coefficient (Wildman–Crippen LogP) is 15.8.